The van der Waals surface area contributed by atoms with E-state index in [9.17, 15) is 0 Å². The summed E-state index contributed by atoms with van der Waals surface area (Å²) in [7, 11) is 0. The average Bonchev–Trinajstić information content (AvgIpc) is 3.05. The Balaban J connectivity index is 1.97. The highest BCUT2D eigenvalue weighted by atomic mass is 35.5. The molecule has 0 aliphatic carbocycles. The summed E-state index contributed by atoms with van der Waals surface area (Å²) in [6.45, 7) is 3.18. The van der Waals surface area contributed by atoms with Gasteiger partial charge in [-0.2, -0.15) is 4.68 Å². The molecule has 0 amide bonds. The number of alkyl halides is 1. The predicted molar refractivity (Wildman–Crippen MR) is 74.8 cm³/mol. The van der Waals surface area contributed by atoms with Crippen molar-refractivity contribution in [1.82, 2.24) is 20.2 Å². The van der Waals surface area contributed by atoms with Gasteiger partial charge in [-0.15, -0.1) is 11.6 Å². The Morgan fingerprint density at radius 2 is 2.11 bits per heavy atom. The van der Waals surface area contributed by atoms with Crippen LogP contribution in [0.25, 0.3) is 5.69 Å². The van der Waals surface area contributed by atoms with Crippen LogP contribution in [0, 0.1) is 5.92 Å². The van der Waals surface area contributed by atoms with Gasteiger partial charge in [0, 0.05) is 18.5 Å². The second-order valence-electron chi connectivity index (χ2n) is 4.91. The first-order valence-corrected chi connectivity index (χ1v) is 7.01. The van der Waals surface area contributed by atoms with Gasteiger partial charge in [0.05, 0.1) is 5.69 Å². The van der Waals surface area contributed by atoms with E-state index >= 15 is 0 Å². The molecule has 0 bridgehead atoms. The van der Waals surface area contributed by atoms with E-state index in [1.807, 2.05) is 30.3 Å². The molecular weight excluding hydrogens is 262 g/mol. The Labute approximate surface area is 117 Å². The molecule has 2 heterocycles. The summed E-state index contributed by atoms with van der Waals surface area (Å²) < 4.78 is 1.78. The van der Waals surface area contributed by atoms with Gasteiger partial charge < -0.3 is 4.90 Å². The van der Waals surface area contributed by atoms with Crippen LogP contribution in [0.2, 0.25) is 0 Å². The molecule has 3 rings (SSSR count). The van der Waals surface area contributed by atoms with E-state index in [0.717, 1.165) is 24.6 Å². The fourth-order valence-corrected chi connectivity index (χ4v) is 3.06. The Morgan fingerprint density at radius 1 is 1.32 bits per heavy atom. The molecule has 0 spiro atoms. The zero-order chi connectivity index (χ0) is 13.2. The Kier molecular flexibility index (Phi) is 3.38. The number of benzene rings is 1. The Bertz CT molecular complexity index is 541. The molecule has 1 aromatic carbocycles. The summed E-state index contributed by atoms with van der Waals surface area (Å²) in [4.78, 5) is 2.21. The van der Waals surface area contributed by atoms with Crippen molar-refractivity contribution in [1.29, 1.82) is 0 Å². The zero-order valence-corrected chi connectivity index (χ0v) is 11.5. The molecule has 100 valence electrons. The van der Waals surface area contributed by atoms with Crippen molar-refractivity contribution in [3.05, 3.63) is 30.3 Å². The van der Waals surface area contributed by atoms with Gasteiger partial charge in [-0.1, -0.05) is 30.2 Å². The summed E-state index contributed by atoms with van der Waals surface area (Å²) >= 11 is 6.09. The van der Waals surface area contributed by atoms with E-state index in [1.54, 1.807) is 4.68 Å². The predicted octanol–water partition coefficient (Wildman–Crippen LogP) is 2.12. The summed E-state index contributed by atoms with van der Waals surface area (Å²) in [5.41, 5.74) is 0.968. The minimum absolute atomic E-state index is 0.301. The Morgan fingerprint density at radius 3 is 2.84 bits per heavy atom. The van der Waals surface area contributed by atoms with Crippen LogP contribution in [0.3, 0.4) is 0 Å². The molecule has 1 aliphatic rings. The van der Waals surface area contributed by atoms with Crippen LogP contribution in [-0.2, 0) is 0 Å². The largest absolute Gasteiger partial charge is 0.335 e. The lowest BCUT2D eigenvalue weighted by atomic mass is 10.1. The summed E-state index contributed by atoms with van der Waals surface area (Å²) in [6, 6.07) is 10.2. The molecule has 2 aromatic rings. The molecular formula is C13H16ClN5. The average molecular weight is 278 g/mol. The van der Waals surface area contributed by atoms with E-state index in [1.165, 1.54) is 0 Å². The lowest BCUT2D eigenvalue weighted by molar-refractivity contribution is 0.545. The van der Waals surface area contributed by atoms with Crippen LogP contribution in [0.15, 0.2) is 30.3 Å². The highest BCUT2D eigenvalue weighted by molar-refractivity contribution is 6.18. The van der Waals surface area contributed by atoms with Crippen molar-refractivity contribution in [2.75, 3.05) is 17.3 Å². The number of rotatable bonds is 3. The SMILES string of the molecule is CC1CCN(c2nnnn2-c2ccccc2)C1CCl. The van der Waals surface area contributed by atoms with Gasteiger partial charge in [0.2, 0.25) is 0 Å². The van der Waals surface area contributed by atoms with Crippen molar-refractivity contribution < 1.29 is 0 Å². The van der Waals surface area contributed by atoms with E-state index in [-0.39, 0.29) is 0 Å². The smallest absolute Gasteiger partial charge is 0.250 e. The highest BCUT2D eigenvalue weighted by Gasteiger charge is 2.33. The molecule has 0 N–H and O–H groups in total. The molecule has 5 nitrogen and oxygen atoms in total. The van der Waals surface area contributed by atoms with Gasteiger partial charge in [-0.05, 0) is 34.9 Å². The normalized spacial score (nSPS) is 22.9. The number of halogens is 1. The third kappa shape index (κ3) is 2.18. The monoisotopic (exact) mass is 277 g/mol. The van der Waals surface area contributed by atoms with Crippen molar-refractivity contribution >= 4 is 17.5 Å². The molecule has 0 saturated carbocycles. The standard InChI is InChI=1S/C13H16ClN5/c1-10-7-8-18(12(10)9-14)13-15-16-17-19(13)11-5-3-2-4-6-11/h2-6,10,12H,7-9H2,1H3. The second-order valence-corrected chi connectivity index (χ2v) is 5.22. The van der Waals surface area contributed by atoms with Crippen LogP contribution in [0.1, 0.15) is 13.3 Å². The molecule has 1 fully saturated rings. The first kappa shape index (κ1) is 12.4. The number of tetrazole rings is 1. The van der Waals surface area contributed by atoms with Crippen LogP contribution in [0.4, 0.5) is 5.95 Å². The van der Waals surface area contributed by atoms with Crippen LogP contribution in [0.5, 0.6) is 0 Å². The summed E-state index contributed by atoms with van der Waals surface area (Å²) in [6.07, 6.45) is 1.12. The van der Waals surface area contributed by atoms with Crippen molar-refractivity contribution in [3.63, 3.8) is 0 Å². The fraction of sp³-hybridized carbons (Fsp3) is 0.462. The number of hydrogen-bond donors (Lipinski definition) is 0. The maximum absolute atomic E-state index is 6.09. The van der Waals surface area contributed by atoms with Gasteiger partial charge >= 0.3 is 0 Å². The molecule has 0 radical (unpaired) electrons. The van der Waals surface area contributed by atoms with Crippen molar-refractivity contribution in [2.24, 2.45) is 5.92 Å². The molecule has 2 atom stereocenters. The highest BCUT2D eigenvalue weighted by Crippen LogP contribution is 2.29. The van der Waals surface area contributed by atoms with Gasteiger partial charge in [0.1, 0.15) is 0 Å². The summed E-state index contributed by atoms with van der Waals surface area (Å²) in [5.74, 6) is 1.95. The third-order valence-corrected chi connectivity index (χ3v) is 4.07. The number of aromatic nitrogens is 4. The molecule has 1 aliphatic heterocycles. The van der Waals surface area contributed by atoms with Crippen LogP contribution < -0.4 is 4.90 Å². The summed E-state index contributed by atoms with van der Waals surface area (Å²) in [5, 5.41) is 12.1. The molecule has 1 saturated heterocycles. The molecule has 6 heteroatoms. The van der Waals surface area contributed by atoms with Gasteiger partial charge in [-0.3, -0.25) is 0 Å². The van der Waals surface area contributed by atoms with Crippen molar-refractivity contribution in [3.8, 4) is 5.69 Å². The van der Waals surface area contributed by atoms with Gasteiger partial charge in [-0.25, -0.2) is 0 Å². The second kappa shape index (κ2) is 5.17. The number of anilines is 1. The molecule has 2 unspecified atom stereocenters. The third-order valence-electron chi connectivity index (χ3n) is 3.75. The maximum Gasteiger partial charge on any atom is 0.250 e. The first-order valence-electron chi connectivity index (χ1n) is 6.47. The quantitative estimate of drug-likeness (QED) is 0.806. The maximum atomic E-state index is 6.09. The fourth-order valence-electron chi connectivity index (χ4n) is 2.59. The van der Waals surface area contributed by atoms with Crippen LogP contribution >= 0.6 is 11.6 Å². The number of nitrogens with zero attached hydrogens (tertiary/aromatic N) is 5. The van der Waals surface area contributed by atoms with E-state index < -0.39 is 0 Å². The number of hydrogen-bond acceptors (Lipinski definition) is 4. The van der Waals surface area contributed by atoms with E-state index in [0.29, 0.717) is 17.8 Å². The minimum atomic E-state index is 0.301. The van der Waals surface area contributed by atoms with E-state index in [2.05, 4.69) is 27.3 Å². The van der Waals surface area contributed by atoms with Gasteiger partial charge in [0.25, 0.3) is 5.95 Å². The zero-order valence-electron chi connectivity index (χ0n) is 10.8. The Hall–Kier alpha value is -1.62. The van der Waals surface area contributed by atoms with Gasteiger partial charge in [0.15, 0.2) is 0 Å². The van der Waals surface area contributed by atoms with Crippen molar-refractivity contribution in [2.45, 2.75) is 19.4 Å². The molecule has 19 heavy (non-hydrogen) atoms. The topological polar surface area (TPSA) is 46.8 Å². The van der Waals surface area contributed by atoms with Crippen LogP contribution in [-0.4, -0.2) is 38.7 Å². The molecule has 1 aromatic heterocycles. The first-order chi connectivity index (χ1) is 9.31. The number of para-hydroxylation sites is 1. The minimum Gasteiger partial charge on any atom is -0.335 e. The lowest BCUT2D eigenvalue weighted by Gasteiger charge is -2.25. The lowest BCUT2D eigenvalue weighted by Crippen LogP contribution is -2.35. The van der Waals surface area contributed by atoms with E-state index in [4.69, 9.17) is 11.6 Å².